The average molecular weight is 234 g/mol. The average Bonchev–Trinajstić information content (AvgIpc) is 2.26. The van der Waals surface area contributed by atoms with E-state index in [0.717, 1.165) is 5.56 Å². The summed E-state index contributed by atoms with van der Waals surface area (Å²) in [5.41, 5.74) is 2.47. The Morgan fingerprint density at radius 1 is 1.35 bits per heavy atom. The van der Waals surface area contributed by atoms with Crippen molar-refractivity contribution in [2.75, 3.05) is 20.6 Å². The molecule has 1 aromatic carbocycles. The van der Waals surface area contributed by atoms with Gasteiger partial charge in [0, 0.05) is 6.54 Å². The van der Waals surface area contributed by atoms with Crippen LogP contribution in [0.15, 0.2) is 24.3 Å². The molecule has 1 aromatic rings. The molecule has 94 valence electrons. The molecule has 0 heterocycles. The van der Waals surface area contributed by atoms with Gasteiger partial charge < -0.3 is 10.2 Å². The summed E-state index contributed by atoms with van der Waals surface area (Å²) < 4.78 is 0. The number of likely N-dealkylation sites (N-methyl/N-ethyl adjacent to an activating group) is 1. The lowest BCUT2D eigenvalue weighted by Gasteiger charge is -2.11. The van der Waals surface area contributed by atoms with Crippen LogP contribution in [0.3, 0.4) is 0 Å². The summed E-state index contributed by atoms with van der Waals surface area (Å²) in [5, 5.41) is 2.92. The minimum Gasteiger partial charge on any atom is -0.351 e. The van der Waals surface area contributed by atoms with Gasteiger partial charge in [-0.2, -0.15) is 0 Å². The van der Waals surface area contributed by atoms with Crippen LogP contribution in [0.5, 0.6) is 0 Å². The SMILES string of the molecule is CC(C)c1cccc(CNC(=O)CN(C)C)c1. The number of hydrogen-bond donors (Lipinski definition) is 1. The van der Waals surface area contributed by atoms with Crippen LogP contribution in [0.25, 0.3) is 0 Å². The summed E-state index contributed by atoms with van der Waals surface area (Å²) in [7, 11) is 3.78. The fraction of sp³-hybridized carbons (Fsp3) is 0.500. The maximum Gasteiger partial charge on any atom is 0.234 e. The Balaban J connectivity index is 2.52. The molecule has 0 spiro atoms. The predicted octanol–water partition coefficient (Wildman–Crippen LogP) is 1.99. The molecule has 3 heteroatoms. The van der Waals surface area contributed by atoms with Crippen LogP contribution < -0.4 is 5.32 Å². The van der Waals surface area contributed by atoms with Crippen molar-refractivity contribution in [3.05, 3.63) is 35.4 Å². The zero-order valence-electron chi connectivity index (χ0n) is 11.2. The van der Waals surface area contributed by atoms with Crippen molar-refractivity contribution < 1.29 is 4.79 Å². The predicted molar refractivity (Wildman–Crippen MR) is 70.9 cm³/mol. The molecule has 0 aliphatic carbocycles. The van der Waals surface area contributed by atoms with Gasteiger partial charge in [0.2, 0.25) is 5.91 Å². The number of nitrogens with zero attached hydrogens (tertiary/aromatic N) is 1. The maximum atomic E-state index is 11.5. The molecule has 0 fully saturated rings. The Labute approximate surface area is 104 Å². The summed E-state index contributed by atoms with van der Waals surface area (Å²) in [5.74, 6) is 0.581. The van der Waals surface area contributed by atoms with E-state index in [0.29, 0.717) is 19.0 Å². The summed E-state index contributed by atoms with van der Waals surface area (Å²) in [4.78, 5) is 13.4. The Morgan fingerprint density at radius 3 is 2.65 bits per heavy atom. The van der Waals surface area contributed by atoms with Gasteiger partial charge >= 0.3 is 0 Å². The van der Waals surface area contributed by atoms with Gasteiger partial charge in [0.25, 0.3) is 0 Å². The summed E-state index contributed by atoms with van der Waals surface area (Å²) >= 11 is 0. The molecule has 0 saturated carbocycles. The van der Waals surface area contributed by atoms with Crippen LogP contribution in [-0.4, -0.2) is 31.4 Å². The first-order chi connectivity index (χ1) is 7.99. The van der Waals surface area contributed by atoms with E-state index in [9.17, 15) is 4.79 Å². The Hall–Kier alpha value is -1.35. The van der Waals surface area contributed by atoms with E-state index in [1.54, 1.807) is 0 Å². The largest absolute Gasteiger partial charge is 0.351 e. The number of nitrogens with one attached hydrogen (secondary N) is 1. The number of rotatable bonds is 5. The van der Waals surface area contributed by atoms with Gasteiger partial charge in [-0.25, -0.2) is 0 Å². The van der Waals surface area contributed by atoms with E-state index in [1.165, 1.54) is 5.56 Å². The second-order valence-electron chi connectivity index (χ2n) is 4.91. The lowest BCUT2D eigenvalue weighted by Crippen LogP contribution is -2.32. The van der Waals surface area contributed by atoms with Gasteiger partial charge in [-0.15, -0.1) is 0 Å². The molecule has 0 bridgehead atoms. The topological polar surface area (TPSA) is 32.3 Å². The van der Waals surface area contributed by atoms with E-state index in [-0.39, 0.29) is 5.91 Å². The second kappa shape index (κ2) is 6.40. The molecule has 0 aliphatic heterocycles. The molecule has 17 heavy (non-hydrogen) atoms. The van der Waals surface area contributed by atoms with Gasteiger partial charge in [0.15, 0.2) is 0 Å². The summed E-state index contributed by atoms with van der Waals surface area (Å²) in [6.45, 7) is 5.38. The highest BCUT2D eigenvalue weighted by atomic mass is 16.1. The van der Waals surface area contributed by atoms with Crippen molar-refractivity contribution in [1.82, 2.24) is 10.2 Å². The third-order valence-corrected chi connectivity index (χ3v) is 2.57. The lowest BCUT2D eigenvalue weighted by atomic mass is 10.0. The van der Waals surface area contributed by atoms with Gasteiger partial charge in [0.1, 0.15) is 0 Å². The quantitative estimate of drug-likeness (QED) is 0.845. The van der Waals surface area contributed by atoms with Crippen molar-refractivity contribution in [2.45, 2.75) is 26.3 Å². The molecular formula is C14H22N2O. The third kappa shape index (κ3) is 5.00. The normalized spacial score (nSPS) is 10.9. The fourth-order valence-corrected chi connectivity index (χ4v) is 1.61. The molecule has 0 aliphatic rings. The highest BCUT2D eigenvalue weighted by molar-refractivity contribution is 5.77. The highest BCUT2D eigenvalue weighted by Gasteiger charge is 2.04. The first-order valence-corrected chi connectivity index (χ1v) is 5.99. The van der Waals surface area contributed by atoms with Crippen molar-refractivity contribution in [3.63, 3.8) is 0 Å². The summed E-state index contributed by atoms with van der Waals surface area (Å²) in [6, 6.07) is 8.36. The number of carbonyl (C=O) groups excluding carboxylic acids is 1. The van der Waals surface area contributed by atoms with E-state index >= 15 is 0 Å². The summed E-state index contributed by atoms with van der Waals surface area (Å²) in [6.07, 6.45) is 0. The highest BCUT2D eigenvalue weighted by Crippen LogP contribution is 2.15. The van der Waals surface area contributed by atoms with Gasteiger partial charge in [-0.3, -0.25) is 4.79 Å². The number of benzene rings is 1. The van der Waals surface area contributed by atoms with Crippen LogP contribution in [0.4, 0.5) is 0 Å². The van der Waals surface area contributed by atoms with Gasteiger partial charge in [-0.05, 0) is 31.1 Å². The Bertz CT molecular complexity index is 372. The second-order valence-corrected chi connectivity index (χ2v) is 4.91. The van der Waals surface area contributed by atoms with Crippen LogP contribution >= 0.6 is 0 Å². The monoisotopic (exact) mass is 234 g/mol. The molecule has 1 N–H and O–H groups in total. The van der Waals surface area contributed by atoms with Gasteiger partial charge in [-0.1, -0.05) is 38.1 Å². The molecule has 1 amide bonds. The molecule has 0 atom stereocenters. The van der Waals surface area contributed by atoms with Crippen molar-refractivity contribution in [3.8, 4) is 0 Å². The van der Waals surface area contributed by atoms with Crippen LogP contribution in [0.2, 0.25) is 0 Å². The minimum absolute atomic E-state index is 0.0601. The molecule has 0 saturated heterocycles. The van der Waals surface area contributed by atoms with E-state index in [2.05, 4.69) is 31.3 Å². The third-order valence-electron chi connectivity index (χ3n) is 2.57. The van der Waals surface area contributed by atoms with Crippen molar-refractivity contribution in [2.24, 2.45) is 0 Å². The van der Waals surface area contributed by atoms with E-state index < -0.39 is 0 Å². The number of hydrogen-bond acceptors (Lipinski definition) is 2. The number of carbonyl (C=O) groups is 1. The van der Waals surface area contributed by atoms with Gasteiger partial charge in [0.05, 0.1) is 6.54 Å². The van der Waals surface area contributed by atoms with E-state index in [4.69, 9.17) is 0 Å². The van der Waals surface area contributed by atoms with Crippen molar-refractivity contribution in [1.29, 1.82) is 0 Å². The lowest BCUT2D eigenvalue weighted by molar-refractivity contribution is -0.121. The van der Waals surface area contributed by atoms with E-state index in [1.807, 2.05) is 31.1 Å². The molecular weight excluding hydrogens is 212 g/mol. The molecule has 0 aromatic heterocycles. The van der Waals surface area contributed by atoms with Crippen LogP contribution in [-0.2, 0) is 11.3 Å². The van der Waals surface area contributed by atoms with Crippen LogP contribution in [0, 0.1) is 0 Å². The molecule has 0 unspecified atom stereocenters. The zero-order chi connectivity index (χ0) is 12.8. The Morgan fingerprint density at radius 2 is 2.06 bits per heavy atom. The first-order valence-electron chi connectivity index (χ1n) is 5.99. The number of amides is 1. The molecule has 1 rings (SSSR count). The maximum absolute atomic E-state index is 11.5. The van der Waals surface area contributed by atoms with Crippen LogP contribution in [0.1, 0.15) is 30.9 Å². The minimum atomic E-state index is 0.0601. The Kier molecular flexibility index (Phi) is 5.16. The zero-order valence-corrected chi connectivity index (χ0v) is 11.2. The standard InChI is InChI=1S/C14H22N2O/c1-11(2)13-7-5-6-12(8-13)9-15-14(17)10-16(3)4/h5-8,11H,9-10H2,1-4H3,(H,15,17). The fourth-order valence-electron chi connectivity index (χ4n) is 1.61. The van der Waals surface area contributed by atoms with Crippen molar-refractivity contribution >= 4 is 5.91 Å². The smallest absolute Gasteiger partial charge is 0.234 e. The molecule has 0 radical (unpaired) electrons. The molecule has 3 nitrogen and oxygen atoms in total. The first kappa shape index (κ1) is 13.7.